The highest BCUT2D eigenvalue weighted by molar-refractivity contribution is 7.12. The van der Waals surface area contributed by atoms with Crippen molar-refractivity contribution in [2.45, 2.75) is 26.7 Å². The van der Waals surface area contributed by atoms with Crippen LogP contribution in [0.2, 0.25) is 0 Å². The molecule has 2 aromatic heterocycles. The largest absolute Gasteiger partial charge is 0.352 e. The minimum Gasteiger partial charge on any atom is -0.352 e. The number of aryl methyl sites for hydroxylation is 1. The molecule has 124 valence electrons. The molecule has 0 atom stereocenters. The van der Waals surface area contributed by atoms with Crippen LogP contribution in [0.3, 0.4) is 0 Å². The van der Waals surface area contributed by atoms with Crippen molar-refractivity contribution >= 4 is 42.1 Å². The van der Waals surface area contributed by atoms with Crippen LogP contribution < -0.4 is 11.1 Å². The van der Waals surface area contributed by atoms with E-state index < -0.39 is 0 Å². The molecule has 3 N–H and O–H groups in total. The minimum atomic E-state index is -0.0297. The van der Waals surface area contributed by atoms with Gasteiger partial charge < -0.3 is 11.1 Å². The van der Waals surface area contributed by atoms with Crippen LogP contribution in [0.4, 0.5) is 0 Å². The predicted octanol–water partition coefficient (Wildman–Crippen LogP) is 2.86. The lowest BCUT2D eigenvalue weighted by molar-refractivity contribution is 0.0952. The van der Waals surface area contributed by atoms with Crippen molar-refractivity contribution in [1.29, 1.82) is 0 Å². The Morgan fingerprint density at radius 3 is 2.68 bits per heavy atom. The highest BCUT2D eigenvalue weighted by atomic mass is 35.5. The van der Waals surface area contributed by atoms with Gasteiger partial charge in [0.2, 0.25) is 0 Å². The maximum Gasteiger partial charge on any atom is 0.253 e. The van der Waals surface area contributed by atoms with Crippen molar-refractivity contribution in [2.75, 3.05) is 13.1 Å². The second kappa shape index (κ2) is 9.84. The van der Waals surface area contributed by atoms with E-state index in [4.69, 9.17) is 5.73 Å². The van der Waals surface area contributed by atoms with E-state index >= 15 is 0 Å². The van der Waals surface area contributed by atoms with Gasteiger partial charge in [0.05, 0.1) is 5.56 Å². The molecule has 0 aliphatic heterocycles. The fraction of sp³-hybridized carbons (Fsp3) is 0.429. The Hall–Kier alpha value is -1.08. The number of rotatable bonds is 6. The summed E-state index contributed by atoms with van der Waals surface area (Å²) in [4.78, 5) is 16.5. The van der Waals surface area contributed by atoms with Crippen molar-refractivity contribution < 1.29 is 4.79 Å². The second-order valence-corrected chi connectivity index (χ2v) is 5.56. The number of thiazole rings is 1. The number of carbonyl (C=O) groups is 1. The first kappa shape index (κ1) is 20.9. The van der Waals surface area contributed by atoms with Crippen molar-refractivity contribution in [3.8, 4) is 5.13 Å². The molecule has 5 nitrogen and oxygen atoms in total. The molecule has 0 fully saturated rings. The smallest absolute Gasteiger partial charge is 0.253 e. The number of hydrogen-bond donors (Lipinski definition) is 2. The summed E-state index contributed by atoms with van der Waals surface area (Å²) >= 11 is 1.56. The maximum absolute atomic E-state index is 12.2. The van der Waals surface area contributed by atoms with Crippen LogP contribution in [0.25, 0.3) is 5.13 Å². The highest BCUT2D eigenvalue weighted by Gasteiger charge is 2.17. The van der Waals surface area contributed by atoms with Crippen LogP contribution in [0.1, 0.15) is 34.6 Å². The Morgan fingerprint density at radius 2 is 2.09 bits per heavy atom. The van der Waals surface area contributed by atoms with Gasteiger partial charge >= 0.3 is 0 Å². The average Bonchev–Trinajstić information content (AvgIpc) is 3.03. The molecule has 0 spiro atoms. The molecule has 0 saturated carbocycles. The zero-order valence-electron chi connectivity index (χ0n) is 12.7. The van der Waals surface area contributed by atoms with E-state index in [9.17, 15) is 4.79 Å². The van der Waals surface area contributed by atoms with Crippen molar-refractivity contribution in [3.05, 3.63) is 34.6 Å². The molecule has 0 unspecified atom stereocenters. The summed E-state index contributed by atoms with van der Waals surface area (Å²) < 4.78 is 2.01. The molecule has 22 heavy (non-hydrogen) atoms. The van der Waals surface area contributed by atoms with Crippen LogP contribution in [-0.4, -0.2) is 28.5 Å². The molecular formula is C14H22Cl2N4OS. The van der Waals surface area contributed by atoms with E-state index in [0.29, 0.717) is 18.7 Å². The van der Waals surface area contributed by atoms with Gasteiger partial charge in [0.15, 0.2) is 5.13 Å². The summed E-state index contributed by atoms with van der Waals surface area (Å²) in [5, 5.41) is 5.76. The van der Waals surface area contributed by atoms with Crippen molar-refractivity contribution in [2.24, 2.45) is 5.73 Å². The highest BCUT2D eigenvalue weighted by Crippen LogP contribution is 2.22. The molecule has 1 amide bonds. The Kier molecular flexibility index (Phi) is 9.36. The van der Waals surface area contributed by atoms with Crippen LogP contribution in [0, 0.1) is 13.8 Å². The Bertz CT molecular complexity index is 584. The van der Waals surface area contributed by atoms with Crippen LogP contribution >= 0.6 is 36.2 Å². The second-order valence-electron chi connectivity index (χ2n) is 4.69. The van der Waals surface area contributed by atoms with Gasteiger partial charge in [0.25, 0.3) is 5.91 Å². The van der Waals surface area contributed by atoms with Gasteiger partial charge in [-0.3, -0.25) is 9.36 Å². The molecule has 0 aromatic carbocycles. The number of carbonyl (C=O) groups excluding carboxylic acids is 1. The SMILES string of the molecule is Cc1cc(C(=O)NCCCCN)c(C)n1-c1nccs1.Cl.Cl. The van der Waals surface area contributed by atoms with Crippen LogP contribution in [0.5, 0.6) is 0 Å². The third kappa shape index (κ3) is 4.71. The maximum atomic E-state index is 12.2. The Balaban J connectivity index is 0.00000220. The fourth-order valence-corrected chi connectivity index (χ4v) is 2.93. The van der Waals surface area contributed by atoms with Gasteiger partial charge in [-0.2, -0.15) is 0 Å². The molecule has 2 rings (SSSR count). The summed E-state index contributed by atoms with van der Waals surface area (Å²) in [6.07, 6.45) is 3.61. The minimum absolute atomic E-state index is 0. The lowest BCUT2D eigenvalue weighted by Gasteiger charge is -2.06. The van der Waals surface area contributed by atoms with E-state index in [1.807, 2.05) is 29.9 Å². The molecule has 0 radical (unpaired) electrons. The Morgan fingerprint density at radius 1 is 1.36 bits per heavy atom. The quantitative estimate of drug-likeness (QED) is 0.773. The summed E-state index contributed by atoms with van der Waals surface area (Å²) in [5.74, 6) is -0.0297. The number of nitrogens with two attached hydrogens (primary N) is 1. The van der Waals surface area contributed by atoms with Crippen molar-refractivity contribution in [1.82, 2.24) is 14.9 Å². The standard InChI is InChI=1S/C14H20N4OS.2ClH/c1-10-9-12(13(19)16-6-4-3-5-15)11(2)18(10)14-17-7-8-20-14;;/h7-9H,3-6,15H2,1-2H3,(H,16,19);2*1H. The van der Waals surface area contributed by atoms with E-state index in [1.165, 1.54) is 0 Å². The number of hydrogen-bond acceptors (Lipinski definition) is 4. The molecule has 0 saturated heterocycles. The topological polar surface area (TPSA) is 72.9 Å². The van der Waals surface area contributed by atoms with Gasteiger partial charge in [-0.15, -0.1) is 36.2 Å². The number of nitrogens with one attached hydrogen (secondary N) is 1. The van der Waals surface area contributed by atoms with Gasteiger partial charge in [-0.1, -0.05) is 0 Å². The van der Waals surface area contributed by atoms with Crippen molar-refractivity contribution in [3.63, 3.8) is 0 Å². The molecular weight excluding hydrogens is 343 g/mol. The van der Waals surface area contributed by atoms with E-state index in [0.717, 1.165) is 29.4 Å². The van der Waals surface area contributed by atoms with Gasteiger partial charge in [0.1, 0.15) is 0 Å². The fourth-order valence-electron chi connectivity index (χ4n) is 2.18. The molecule has 8 heteroatoms. The third-order valence-corrected chi connectivity index (χ3v) is 3.96. The zero-order chi connectivity index (χ0) is 14.5. The van der Waals surface area contributed by atoms with E-state index in [-0.39, 0.29) is 30.7 Å². The lowest BCUT2D eigenvalue weighted by atomic mass is 10.2. The van der Waals surface area contributed by atoms with E-state index in [1.54, 1.807) is 17.5 Å². The van der Waals surface area contributed by atoms with Gasteiger partial charge in [-0.25, -0.2) is 4.98 Å². The summed E-state index contributed by atoms with van der Waals surface area (Å²) in [6.45, 7) is 5.26. The average molecular weight is 365 g/mol. The molecule has 0 bridgehead atoms. The third-order valence-electron chi connectivity index (χ3n) is 3.20. The van der Waals surface area contributed by atoms with E-state index in [2.05, 4.69) is 10.3 Å². The summed E-state index contributed by atoms with van der Waals surface area (Å²) in [5.41, 5.74) is 8.09. The Labute approximate surface area is 147 Å². The first-order chi connectivity index (χ1) is 9.65. The lowest BCUT2D eigenvalue weighted by Crippen LogP contribution is -2.25. The summed E-state index contributed by atoms with van der Waals surface area (Å²) in [7, 11) is 0. The van der Waals surface area contributed by atoms with Gasteiger partial charge in [0, 0.05) is 29.5 Å². The summed E-state index contributed by atoms with van der Waals surface area (Å²) in [6, 6.07) is 1.91. The number of aromatic nitrogens is 2. The number of nitrogens with zero attached hydrogens (tertiary/aromatic N) is 2. The number of amides is 1. The predicted molar refractivity (Wildman–Crippen MR) is 96.0 cm³/mol. The first-order valence-electron chi connectivity index (χ1n) is 6.72. The molecule has 0 aliphatic rings. The van der Waals surface area contributed by atoms with Crippen LogP contribution in [-0.2, 0) is 0 Å². The normalized spacial score (nSPS) is 9.77. The zero-order valence-corrected chi connectivity index (χ0v) is 15.1. The number of unbranched alkanes of at least 4 members (excludes halogenated alkanes) is 1. The van der Waals surface area contributed by atoms with Gasteiger partial charge in [-0.05, 0) is 39.3 Å². The monoisotopic (exact) mass is 364 g/mol. The molecule has 2 aromatic rings. The number of halogens is 2. The van der Waals surface area contributed by atoms with Crippen LogP contribution in [0.15, 0.2) is 17.6 Å². The molecule has 2 heterocycles. The first-order valence-corrected chi connectivity index (χ1v) is 7.60. The molecule has 0 aliphatic carbocycles.